The average Bonchev–Trinajstić information content (AvgIpc) is 1.96. The van der Waals surface area contributed by atoms with Crippen molar-refractivity contribution in [3.8, 4) is 0 Å². The molecule has 0 aliphatic rings. The van der Waals surface area contributed by atoms with Crippen LogP contribution in [0.2, 0.25) is 0 Å². The molecule has 3 heteroatoms. The zero-order valence-corrected chi connectivity index (χ0v) is 9.65. The van der Waals surface area contributed by atoms with Gasteiger partial charge >= 0.3 is 5.97 Å². The molecule has 0 aromatic heterocycles. The van der Waals surface area contributed by atoms with Gasteiger partial charge in [0.25, 0.3) is 0 Å². The Morgan fingerprint density at radius 1 is 1.46 bits per heavy atom. The summed E-state index contributed by atoms with van der Waals surface area (Å²) in [4.78, 5) is 11.3. The van der Waals surface area contributed by atoms with Gasteiger partial charge < -0.3 is 4.74 Å². The number of hydrogen-bond acceptors (Lipinski definition) is 2. The third-order valence-corrected chi connectivity index (χ3v) is 1.87. The molecule has 0 radical (unpaired) electrons. The summed E-state index contributed by atoms with van der Waals surface area (Å²) in [5.41, 5.74) is -0.434. The molecule has 0 spiro atoms. The summed E-state index contributed by atoms with van der Waals surface area (Å²) >= 11 is 5.84. The molecule has 0 aliphatic heterocycles. The van der Waals surface area contributed by atoms with E-state index in [0.29, 0.717) is 6.42 Å². The molecule has 1 unspecified atom stereocenters. The molecule has 0 saturated heterocycles. The van der Waals surface area contributed by atoms with Gasteiger partial charge in [0.2, 0.25) is 0 Å². The van der Waals surface area contributed by atoms with Crippen LogP contribution in [0.15, 0.2) is 0 Å². The molecule has 0 bridgehead atoms. The quantitative estimate of drug-likeness (QED) is 0.522. The summed E-state index contributed by atoms with van der Waals surface area (Å²) in [6.45, 7) is 7.59. The molecule has 2 nitrogen and oxygen atoms in total. The van der Waals surface area contributed by atoms with Gasteiger partial charge in [-0.1, -0.05) is 19.8 Å². The van der Waals surface area contributed by atoms with Gasteiger partial charge in [-0.25, -0.2) is 0 Å². The molecule has 0 amide bonds. The van der Waals surface area contributed by atoms with Crippen molar-refractivity contribution in [3.05, 3.63) is 0 Å². The van der Waals surface area contributed by atoms with E-state index in [1.54, 1.807) is 0 Å². The topological polar surface area (TPSA) is 26.3 Å². The minimum absolute atomic E-state index is 0.303. The summed E-state index contributed by atoms with van der Waals surface area (Å²) in [6, 6.07) is 0. The van der Waals surface area contributed by atoms with Gasteiger partial charge in [0.05, 0.1) is 0 Å². The van der Waals surface area contributed by atoms with Crippen LogP contribution in [0.25, 0.3) is 0 Å². The van der Waals surface area contributed by atoms with Gasteiger partial charge in [-0.15, -0.1) is 11.6 Å². The highest BCUT2D eigenvalue weighted by Crippen LogP contribution is 2.14. The van der Waals surface area contributed by atoms with E-state index in [0.717, 1.165) is 12.8 Å². The number of halogens is 1. The lowest BCUT2D eigenvalue weighted by atomic mass is 10.1. The number of alkyl halides is 1. The molecule has 0 fully saturated rings. The van der Waals surface area contributed by atoms with E-state index in [2.05, 4.69) is 6.92 Å². The van der Waals surface area contributed by atoms with Gasteiger partial charge in [-0.05, 0) is 27.2 Å². The first-order valence-electron chi connectivity index (χ1n) is 4.73. The van der Waals surface area contributed by atoms with E-state index in [1.165, 1.54) is 0 Å². The third kappa shape index (κ3) is 6.88. The van der Waals surface area contributed by atoms with Crippen LogP contribution in [-0.2, 0) is 9.53 Å². The van der Waals surface area contributed by atoms with E-state index in [9.17, 15) is 4.79 Å². The Kier molecular flexibility index (Phi) is 5.38. The Morgan fingerprint density at radius 2 is 2.00 bits per heavy atom. The van der Waals surface area contributed by atoms with Crippen molar-refractivity contribution in [1.82, 2.24) is 0 Å². The minimum Gasteiger partial charge on any atom is -0.459 e. The van der Waals surface area contributed by atoms with Crippen LogP contribution in [0.1, 0.15) is 47.0 Å². The lowest BCUT2D eigenvalue weighted by Gasteiger charge is -2.21. The summed E-state index contributed by atoms with van der Waals surface area (Å²) in [5, 5.41) is -0.487. The number of ether oxygens (including phenoxy) is 1. The predicted molar refractivity (Wildman–Crippen MR) is 55.0 cm³/mol. The molecular formula is C10H19ClO2. The first-order valence-corrected chi connectivity index (χ1v) is 5.17. The van der Waals surface area contributed by atoms with Crippen molar-refractivity contribution in [1.29, 1.82) is 0 Å². The number of carbonyl (C=O) groups is 1. The highest BCUT2D eigenvalue weighted by Gasteiger charge is 2.22. The lowest BCUT2D eigenvalue weighted by Crippen LogP contribution is -2.29. The lowest BCUT2D eigenvalue weighted by molar-refractivity contribution is -0.154. The Hall–Kier alpha value is -0.240. The first kappa shape index (κ1) is 12.8. The summed E-state index contributed by atoms with van der Waals surface area (Å²) in [7, 11) is 0. The van der Waals surface area contributed by atoms with Crippen LogP contribution in [0.3, 0.4) is 0 Å². The zero-order chi connectivity index (χ0) is 10.5. The van der Waals surface area contributed by atoms with Gasteiger partial charge in [0.1, 0.15) is 11.0 Å². The molecule has 78 valence electrons. The first-order chi connectivity index (χ1) is 5.87. The minimum atomic E-state index is -0.487. The smallest absolute Gasteiger partial charge is 0.324 e. The van der Waals surface area contributed by atoms with Gasteiger partial charge in [0, 0.05) is 0 Å². The van der Waals surface area contributed by atoms with E-state index in [4.69, 9.17) is 16.3 Å². The molecule has 0 N–H and O–H groups in total. The van der Waals surface area contributed by atoms with Crippen LogP contribution >= 0.6 is 11.6 Å². The van der Waals surface area contributed by atoms with Crippen molar-refractivity contribution in [2.75, 3.05) is 0 Å². The molecule has 0 heterocycles. The van der Waals surface area contributed by atoms with Crippen LogP contribution < -0.4 is 0 Å². The summed E-state index contributed by atoms with van der Waals surface area (Å²) < 4.78 is 5.13. The average molecular weight is 207 g/mol. The summed E-state index contributed by atoms with van der Waals surface area (Å²) in [5.74, 6) is -0.303. The molecule has 0 rings (SSSR count). The van der Waals surface area contributed by atoms with Gasteiger partial charge in [-0.3, -0.25) is 4.79 Å². The normalized spacial score (nSPS) is 13.9. The monoisotopic (exact) mass is 206 g/mol. The molecule has 1 atom stereocenters. The maximum atomic E-state index is 11.3. The van der Waals surface area contributed by atoms with Crippen LogP contribution in [0.5, 0.6) is 0 Å². The maximum Gasteiger partial charge on any atom is 0.324 e. The second-order valence-electron chi connectivity index (χ2n) is 4.14. The molecule has 0 aromatic carbocycles. The van der Waals surface area contributed by atoms with Crippen molar-refractivity contribution in [3.63, 3.8) is 0 Å². The third-order valence-electron chi connectivity index (χ3n) is 1.47. The second kappa shape index (κ2) is 5.48. The second-order valence-corrected chi connectivity index (χ2v) is 4.67. The molecular weight excluding hydrogens is 188 g/mol. The summed E-state index contributed by atoms with van der Waals surface area (Å²) in [6.07, 6.45) is 2.71. The Bertz CT molecular complexity index is 161. The Labute approximate surface area is 85.6 Å². The molecule has 0 saturated carbocycles. The van der Waals surface area contributed by atoms with Crippen molar-refractivity contribution < 1.29 is 9.53 Å². The predicted octanol–water partition coefficient (Wildman–Crippen LogP) is 3.13. The van der Waals surface area contributed by atoms with E-state index in [-0.39, 0.29) is 5.97 Å². The number of rotatable bonds is 4. The van der Waals surface area contributed by atoms with Crippen LogP contribution in [0.4, 0.5) is 0 Å². The molecule has 0 aliphatic carbocycles. The Morgan fingerprint density at radius 3 is 2.38 bits per heavy atom. The fourth-order valence-electron chi connectivity index (χ4n) is 0.867. The maximum absolute atomic E-state index is 11.3. The van der Waals surface area contributed by atoms with Crippen molar-refractivity contribution in [2.24, 2.45) is 0 Å². The van der Waals surface area contributed by atoms with Crippen LogP contribution in [0, 0.1) is 0 Å². The van der Waals surface area contributed by atoms with E-state index >= 15 is 0 Å². The highest BCUT2D eigenvalue weighted by atomic mass is 35.5. The molecule has 13 heavy (non-hydrogen) atoms. The number of hydrogen-bond donors (Lipinski definition) is 0. The number of unbranched alkanes of at least 4 members (excludes halogenated alkanes) is 1. The number of carbonyl (C=O) groups excluding carboxylic acids is 1. The van der Waals surface area contributed by atoms with Gasteiger partial charge in [-0.2, -0.15) is 0 Å². The number of esters is 1. The van der Waals surface area contributed by atoms with Crippen molar-refractivity contribution in [2.45, 2.75) is 57.9 Å². The van der Waals surface area contributed by atoms with Gasteiger partial charge in [0.15, 0.2) is 0 Å². The zero-order valence-electron chi connectivity index (χ0n) is 8.89. The highest BCUT2D eigenvalue weighted by molar-refractivity contribution is 6.29. The van der Waals surface area contributed by atoms with Crippen molar-refractivity contribution >= 4 is 17.6 Å². The fraction of sp³-hybridized carbons (Fsp3) is 0.900. The molecule has 0 aromatic rings. The standard InChI is InChI=1S/C10H19ClO2/c1-5-6-7-8(11)9(12)13-10(2,3)4/h8H,5-7H2,1-4H3. The van der Waals surface area contributed by atoms with E-state index in [1.807, 2.05) is 20.8 Å². The SMILES string of the molecule is CCCCC(Cl)C(=O)OC(C)(C)C. The van der Waals surface area contributed by atoms with E-state index < -0.39 is 11.0 Å². The largest absolute Gasteiger partial charge is 0.459 e. The van der Waals surface area contributed by atoms with Crippen LogP contribution in [-0.4, -0.2) is 16.9 Å². The Balaban J connectivity index is 3.83. The fourth-order valence-corrected chi connectivity index (χ4v) is 1.07.